The number of nitrogens with two attached hydrogens (primary N) is 1. The summed E-state index contributed by atoms with van der Waals surface area (Å²) in [6.07, 6.45) is 4.32. The van der Waals surface area contributed by atoms with Crippen LogP contribution in [0.5, 0.6) is 5.75 Å². The van der Waals surface area contributed by atoms with Crippen molar-refractivity contribution in [1.82, 2.24) is 25.5 Å². The third-order valence-electron chi connectivity index (χ3n) is 6.06. The molecule has 1 fully saturated rings. The van der Waals surface area contributed by atoms with Crippen LogP contribution in [-0.4, -0.2) is 84.3 Å². The number of carbonyl (C=O) groups is 2. The second-order valence-electron chi connectivity index (χ2n) is 8.92. The molecule has 1 unspecified atom stereocenters. The molecule has 1 atom stereocenters. The van der Waals surface area contributed by atoms with E-state index in [0.29, 0.717) is 24.5 Å². The van der Waals surface area contributed by atoms with Crippen molar-refractivity contribution in [1.29, 1.82) is 0 Å². The first-order chi connectivity index (χ1) is 17.9. The maximum Gasteiger partial charge on any atom is 0.274 e. The van der Waals surface area contributed by atoms with Crippen LogP contribution in [0, 0.1) is 0 Å². The van der Waals surface area contributed by atoms with Crippen molar-refractivity contribution in [3.8, 4) is 5.75 Å². The highest BCUT2D eigenvalue weighted by atomic mass is 35.5. The molecule has 3 rings (SSSR count). The predicted octanol–water partition coefficient (Wildman–Crippen LogP) is 1.46. The van der Waals surface area contributed by atoms with E-state index in [2.05, 4.69) is 30.8 Å². The fourth-order valence-corrected chi connectivity index (χ4v) is 4.28. The van der Waals surface area contributed by atoms with Crippen molar-refractivity contribution in [2.75, 3.05) is 57.5 Å². The Hall–Kier alpha value is -3.15. The maximum atomic E-state index is 12.8. The lowest BCUT2D eigenvalue weighted by Crippen LogP contribution is -2.48. The van der Waals surface area contributed by atoms with Gasteiger partial charge in [-0.3, -0.25) is 9.59 Å². The quantitative estimate of drug-likeness (QED) is 0.241. The molecule has 0 bridgehead atoms. The lowest BCUT2D eigenvalue weighted by atomic mass is 10.0. The van der Waals surface area contributed by atoms with Crippen molar-refractivity contribution < 1.29 is 19.4 Å². The number of rotatable bonds is 13. The van der Waals surface area contributed by atoms with E-state index < -0.39 is 0 Å². The molecule has 2 amide bonds. The smallest absolute Gasteiger partial charge is 0.274 e. The van der Waals surface area contributed by atoms with E-state index in [1.807, 2.05) is 24.3 Å². The molecule has 0 saturated carbocycles. The highest BCUT2D eigenvalue weighted by molar-refractivity contribution is 6.31. The van der Waals surface area contributed by atoms with Crippen molar-refractivity contribution in [3.63, 3.8) is 0 Å². The summed E-state index contributed by atoms with van der Waals surface area (Å²) < 4.78 is 5.51. The van der Waals surface area contributed by atoms with Crippen molar-refractivity contribution in [2.24, 2.45) is 0 Å². The van der Waals surface area contributed by atoms with Gasteiger partial charge >= 0.3 is 0 Å². The number of piperidine rings is 1. The number of ether oxygens (including phenoxy) is 1. The average molecular weight is 534 g/mol. The number of amides is 2. The van der Waals surface area contributed by atoms with Gasteiger partial charge in [0.15, 0.2) is 29.1 Å². The van der Waals surface area contributed by atoms with Crippen molar-refractivity contribution >= 4 is 35.1 Å². The molecular weight excluding hydrogens is 498 g/mol. The second kappa shape index (κ2) is 14.6. The molecule has 0 spiro atoms. The van der Waals surface area contributed by atoms with E-state index in [1.54, 1.807) is 7.05 Å². The molecule has 0 aliphatic carbocycles. The summed E-state index contributed by atoms with van der Waals surface area (Å²) in [7, 11) is 1.65. The molecule has 37 heavy (non-hydrogen) atoms. The molecule has 1 aromatic heterocycles. The van der Waals surface area contributed by atoms with E-state index in [-0.39, 0.29) is 47.7 Å². The number of anilines is 2. The summed E-state index contributed by atoms with van der Waals surface area (Å²) >= 11 is 5.97. The first-order valence-electron chi connectivity index (χ1n) is 12.5. The molecule has 12 heteroatoms. The highest BCUT2D eigenvalue weighted by Crippen LogP contribution is 2.20. The molecule has 11 nitrogen and oxygen atoms in total. The fraction of sp³-hybridized carbons (Fsp3) is 0.520. The van der Waals surface area contributed by atoms with Crippen LogP contribution < -0.4 is 26.4 Å². The molecule has 1 aliphatic rings. The Bertz CT molecular complexity index is 1040. The van der Waals surface area contributed by atoms with E-state index in [1.165, 1.54) is 5.56 Å². The number of likely N-dealkylation sites (tertiary alicyclic amines) is 1. The van der Waals surface area contributed by atoms with Crippen LogP contribution in [0.3, 0.4) is 0 Å². The molecule has 1 aromatic carbocycles. The van der Waals surface area contributed by atoms with Crippen LogP contribution in [0.15, 0.2) is 24.3 Å². The Balaban J connectivity index is 1.40. The molecule has 2 aromatic rings. The number of aliphatic hydroxyl groups excluding tert-OH is 1. The maximum absolute atomic E-state index is 12.8. The van der Waals surface area contributed by atoms with Crippen molar-refractivity contribution in [3.05, 3.63) is 40.7 Å². The van der Waals surface area contributed by atoms with Gasteiger partial charge in [0.25, 0.3) is 11.8 Å². The third kappa shape index (κ3) is 9.03. The van der Waals surface area contributed by atoms with Gasteiger partial charge in [-0.25, -0.2) is 9.97 Å². The first-order valence-corrected chi connectivity index (χ1v) is 12.9. The van der Waals surface area contributed by atoms with Crippen LogP contribution in [0.25, 0.3) is 0 Å². The number of hydrogen-bond donors (Lipinski definition) is 5. The summed E-state index contributed by atoms with van der Waals surface area (Å²) in [5.41, 5.74) is 7.02. The van der Waals surface area contributed by atoms with Gasteiger partial charge in [0.05, 0.1) is 0 Å². The highest BCUT2D eigenvalue weighted by Gasteiger charge is 2.24. The monoisotopic (exact) mass is 533 g/mol. The van der Waals surface area contributed by atoms with Crippen LogP contribution >= 0.6 is 11.6 Å². The van der Waals surface area contributed by atoms with Gasteiger partial charge in [0.1, 0.15) is 5.75 Å². The van der Waals surface area contributed by atoms with E-state index in [0.717, 1.165) is 45.3 Å². The third-order valence-corrected chi connectivity index (χ3v) is 6.34. The number of carbonyl (C=O) groups excluding carboxylic acids is 2. The number of nitrogens with zero attached hydrogens (tertiary/aromatic N) is 3. The van der Waals surface area contributed by atoms with E-state index in [4.69, 9.17) is 27.2 Å². The minimum Gasteiger partial charge on any atom is -0.484 e. The number of nitrogen functional groups attached to an aromatic ring is 1. The van der Waals surface area contributed by atoms with Gasteiger partial charge in [-0.15, -0.1) is 0 Å². The minimum atomic E-state index is -0.324. The van der Waals surface area contributed by atoms with Gasteiger partial charge in [-0.2, -0.15) is 0 Å². The number of halogens is 1. The first kappa shape index (κ1) is 28.4. The Morgan fingerprint density at radius 2 is 2.03 bits per heavy atom. The lowest BCUT2D eigenvalue weighted by molar-refractivity contribution is -0.123. The van der Waals surface area contributed by atoms with Crippen LogP contribution in [0.2, 0.25) is 5.15 Å². The zero-order valence-electron chi connectivity index (χ0n) is 21.1. The zero-order chi connectivity index (χ0) is 26.6. The molecule has 1 aliphatic heterocycles. The predicted molar refractivity (Wildman–Crippen MR) is 143 cm³/mol. The van der Waals surface area contributed by atoms with Crippen LogP contribution in [-0.2, 0) is 11.2 Å². The molecular formula is C25H36ClN7O4. The standard InChI is InChI=1S/C25H36ClN7O4/c1-28-24-21(31-22(26)23(27)32-24)25(36)30-18-6-3-13-33(15-18)12-2-5-17-7-9-19(10-8-17)37-16-20(35)29-11-4-14-34/h7-10,18,34H,2-6,11-16H2,1H3,(H,29,35)(H,30,36)(H3,27,28,32). The number of aryl methyl sites for hydroxylation is 1. The lowest BCUT2D eigenvalue weighted by Gasteiger charge is -2.33. The van der Waals surface area contributed by atoms with Gasteiger partial charge < -0.3 is 36.4 Å². The fourth-order valence-electron chi connectivity index (χ4n) is 4.16. The number of aliphatic hydroxyl groups is 1. The molecule has 6 N–H and O–H groups in total. The van der Waals surface area contributed by atoms with Crippen LogP contribution in [0.4, 0.5) is 11.6 Å². The van der Waals surface area contributed by atoms with Gasteiger partial charge in [0.2, 0.25) is 0 Å². The van der Waals surface area contributed by atoms with Gasteiger partial charge in [-0.1, -0.05) is 23.7 Å². The summed E-state index contributed by atoms with van der Waals surface area (Å²) in [6.45, 7) is 3.12. The number of benzene rings is 1. The molecule has 2 heterocycles. The summed E-state index contributed by atoms with van der Waals surface area (Å²) in [4.78, 5) is 35.1. The number of aromatic nitrogens is 2. The van der Waals surface area contributed by atoms with Gasteiger partial charge in [0, 0.05) is 32.8 Å². The number of nitrogens with one attached hydrogen (secondary N) is 3. The van der Waals surface area contributed by atoms with E-state index in [9.17, 15) is 9.59 Å². The van der Waals surface area contributed by atoms with Gasteiger partial charge in [-0.05, 0) is 62.9 Å². The topological polar surface area (TPSA) is 155 Å². The van der Waals surface area contributed by atoms with Crippen molar-refractivity contribution in [2.45, 2.75) is 38.1 Å². The second-order valence-corrected chi connectivity index (χ2v) is 9.28. The SMILES string of the molecule is CNc1nc(N)c(Cl)nc1C(=O)NC1CCCN(CCCc2ccc(OCC(=O)NCCCO)cc2)C1. The minimum absolute atomic E-state index is 0.00811. The van der Waals surface area contributed by atoms with E-state index >= 15 is 0 Å². The number of hydrogen-bond acceptors (Lipinski definition) is 9. The summed E-state index contributed by atoms with van der Waals surface area (Å²) in [5.74, 6) is 0.483. The average Bonchev–Trinajstić information content (AvgIpc) is 2.90. The largest absolute Gasteiger partial charge is 0.484 e. The molecule has 0 radical (unpaired) electrons. The zero-order valence-corrected chi connectivity index (χ0v) is 21.9. The molecule has 202 valence electrons. The Morgan fingerprint density at radius 1 is 1.24 bits per heavy atom. The van der Waals surface area contributed by atoms with Crippen LogP contribution in [0.1, 0.15) is 41.7 Å². The Kier molecular flexibility index (Phi) is 11.2. The Labute approximate surface area is 222 Å². The Morgan fingerprint density at radius 3 is 2.76 bits per heavy atom. The summed E-state index contributed by atoms with van der Waals surface area (Å²) in [6, 6.07) is 7.77. The normalized spacial score (nSPS) is 15.7. The summed E-state index contributed by atoms with van der Waals surface area (Å²) in [5, 5.41) is 17.3. The molecule has 1 saturated heterocycles.